The maximum atomic E-state index is 11.0. The number of hydrogen-bond acceptors (Lipinski definition) is 3. The van der Waals surface area contributed by atoms with E-state index in [1.165, 1.54) is 0 Å². The van der Waals surface area contributed by atoms with E-state index in [9.17, 15) is 4.79 Å². The van der Waals surface area contributed by atoms with E-state index < -0.39 is 5.97 Å². The van der Waals surface area contributed by atoms with Crippen LogP contribution < -0.4 is 0 Å². The Kier molecular flexibility index (Phi) is 2.63. The van der Waals surface area contributed by atoms with E-state index in [0.717, 1.165) is 16.8 Å². The number of carbonyl (C=O) groups is 1. The Balaban J connectivity index is 2.68. The van der Waals surface area contributed by atoms with Gasteiger partial charge in [0, 0.05) is 11.3 Å². The highest BCUT2D eigenvalue weighted by Gasteiger charge is 2.23. The molecule has 4 nitrogen and oxygen atoms in total. The summed E-state index contributed by atoms with van der Waals surface area (Å²) in [6.07, 6.45) is 0.583. The second kappa shape index (κ2) is 3.79. The Hall–Kier alpha value is -1.13. The van der Waals surface area contributed by atoms with E-state index in [-0.39, 0.29) is 10.7 Å². The molecule has 0 amide bonds. The number of fused-ring (bicyclic) bond motifs is 1. The zero-order chi connectivity index (χ0) is 11.0. The van der Waals surface area contributed by atoms with Crippen molar-refractivity contribution >= 4 is 17.6 Å². The molecular weight excluding hydrogens is 218 g/mol. The number of pyridine rings is 1. The van der Waals surface area contributed by atoms with E-state index in [1.54, 1.807) is 0 Å². The van der Waals surface area contributed by atoms with Crippen molar-refractivity contribution < 1.29 is 14.6 Å². The van der Waals surface area contributed by atoms with Crippen molar-refractivity contribution in [2.45, 2.75) is 20.0 Å². The van der Waals surface area contributed by atoms with E-state index >= 15 is 0 Å². The van der Waals surface area contributed by atoms with Crippen LogP contribution in [0.25, 0.3) is 0 Å². The second-order valence-corrected chi connectivity index (χ2v) is 3.79. The molecule has 1 aromatic heterocycles. The molecule has 0 saturated carbocycles. The topological polar surface area (TPSA) is 59.4 Å². The predicted octanol–water partition coefficient (Wildman–Crippen LogP) is 1.81. The lowest BCUT2D eigenvalue weighted by Crippen LogP contribution is -2.18. The van der Waals surface area contributed by atoms with Gasteiger partial charge in [-0.3, -0.25) is 0 Å². The molecule has 15 heavy (non-hydrogen) atoms. The summed E-state index contributed by atoms with van der Waals surface area (Å²) in [7, 11) is 0. The van der Waals surface area contributed by atoms with Crippen molar-refractivity contribution in [3.05, 3.63) is 27.5 Å². The van der Waals surface area contributed by atoms with Crippen LogP contribution in [0.2, 0.25) is 5.15 Å². The Morgan fingerprint density at radius 2 is 2.27 bits per heavy atom. The van der Waals surface area contributed by atoms with Gasteiger partial charge in [-0.1, -0.05) is 11.6 Å². The number of ether oxygens (including phenoxy) is 1. The standard InChI is InChI=1S/C10H10ClNO3/c1-5-7-4-15-3-2-6(7)8(10(13)14)9(11)12-5/h2-4H2,1H3,(H,13,14). The number of aromatic carboxylic acids is 1. The predicted molar refractivity (Wildman–Crippen MR) is 54.3 cm³/mol. The third kappa shape index (κ3) is 1.70. The number of carboxylic acid groups (broad SMARTS) is 1. The van der Waals surface area contributed by atoms with Crippen LogP contribution in [0.15, 0.2) is 0 Å². The molecule has 1 aromatic rings. The summed E-state index contributed by atoms with van der Waals surface area (Å²) in [6, 6.07) is 0. The summed E-state index contributed by atoms with van der Waals surface area (Å²) in [4.78, 5) is 15.1. The number of carboxylic acids is 1. The van der Waals surface area contributed by atoms with Crippen LogP contribution in [0.5, 0.6) is 0 Å². The van der Waals surface area contributed by atoms with Crippen LogP contribution >= 0.6 is 11.6 Å². The second-order valence-electron chi connectivity index (χ2n) is 3.43. The minimum absolute atomic E-state index is 0.0700. The maximum absolute atomic E-state index is 11.0. The minimum atomic E-state index is -1.02. The highest BCUT2D eigenvalue weighted by Crippen LogP contribution is 2.27. The van der Waals surface area contributed by atoms with Crippen molar-refractivity contribution in [1.29, 1.82) is 0 Å². The Labute approximate surface area is 91.8 Å². The summed E-state index contributed by atoms with van der Waals surface area (Å²) < 4.78 is 5.28. The molecule has 5 heteroatoms. The van der Waals surface area contributed by atoms with Gasteiger partial charge >= 0.3 is 5.97 Å². The smallest absolute Gasteiger partial charge is 0.339 e. The maximum Gasteiger partial charge on any atom is 0.339 e. The number of halogens is 1. The molecule has 2 heterocycles. The van der Waals surface area contributed by atoms with Gasteiger partial charge in [0.1, 0.15) is 10.7 Å². The van der Waals surface area contributed by atoms with Gasteiger partial charge in [0.25, 0.3) is 0 Å². The van der Waals surface area contributed by atoms with Gasteiger partial charge in [0.05, 0.1) is 13.2 Å². The van der Waals surface area contributed by atoms with Gasteiger partial charge in [-0.05, 0) is 18.9 Å². The van der Waals surface area contributed by atoms with E-state index in [2.05, 4.69) is 4.98 Å². The largest absolute Gasteiger partial charge is 0.478 e. The first-order chi connectivity index (χ1) is 7.11. The molecule has 0 aliphatic carbocycles. The van der Waals surface area contributed by atoms with Gasteiger partial charge < -0.3 is 9.84 Å². The van der Waals surface area contributed by atoms with Gasteiger partial charge in [-0.15, -0.1) is 0 Å². The monoisotopic (exact) mass is 227 g/mol. The molecule has 0 saturated heterocycles. The van der Waals surface area contributed by atoms with Crippen molar-refractivity contribution in [3.8, 4) is 0 Å². The number of nitrogens with zero attached hydrogens (tertiary/aromatic N) is 1. The minimum Gasteiger partial charge on any atom is -0.478 e. The molecular formula is C10H10ClNO3. The molecule has 0 atom stereocenters. The van der Waals surface area contributed by atoms with Crippen LogP contribution in [-0.4, -0.2) is 22.7 Å². The van der Waals surface area contributed by atoms with Crippen molar-refractivity contribution in [2.75, 3.05) is 6.61 Å². The van der Waals surface area contributed by atoms with Gasteiger partial charge in [-0.2, -0.15) is 0 Å². The van der Waals surface area contributed by atoms with E-state index in [0.29, 0.717) is 19.6 Å². The first kappa shape index (κ1) is 10.4. The third-order valence-electron chi connectivity index (χ3n) is 2.53. The average molecular weight is 228 g/mol. The van der Waals surface area contributed by atoms with Gasteiger partial charge in [-0.25, -0.2) is 9.78 Å². The first-order valence-electron chi connectivity index (χ1n) is 4.60. The molecule has 2 rings (SSSR count). The molecule has 0 radical (unpaired) electrons. The Morgan fingerprint density at radius 1 is 1.53 bits per heavy atom. The highest BCUT2D eigenvalue weighted by molar-refractivity contribution is 6.32. The lowest BCUT2D eigenvalue weighted by Gasteiger charge is -2.20. The molecule has 1 N–H and O–H groups in total. The lowest BCUT2D eigenvalue weighted by molar-refractivity contribution is 0.0689. The van der Waals surface area contributed by atoms with Crippen LogP contribution in [0.1, 0.15) is 27.2 Å². The fraction of sp³-hybridized carbons (Fsp3) is 0.400. The average Bonchev–Trinajstić information content (AvgIpc) is 2.17. The van der Waals surface area contributed by atoms with Crippen molar-refractivity contribution in [3.63, 3.8) is 0 Å². The Morgan fingerprint density at radius 3 is 2.93 bits per heavy atom. The normalized spacial score (nSPS) is 14.8. The summed E-state index contributed by atoms with van der Waals surface area (Å²) >= 11 is 5.83. The van der Waals surface area contributed by atoms with Crippen molar-refractivity contribution in [1.82, 2.24) is 4.98 Å². The van der Waals surface area contributed by atoms with Gasteiger partial charge in [0.2, 0.25) is 0 Å². The summed E-state index contributed by atoms with van der Waals surface area (Å²) in [5.41, 5.74) is 2.51. The first-order valence-corrected chi connectivity index (χ1v) is 4.98. The SMILES string of the molecule is Cc1nc(Cl)c(C(=O)O)c2c1COCC2. The molecule has 1 aliphatic rings. The molecule has 0 aromatic carbocycles. The lowest BCUT2D eigenvalue weighted by atomic mass is 9.97. The van der Waals surface area contributed by atoms with Crippen LogP contribution in [0.4, 0.5) is 0 Å². The molecule has 0 spiro atoms. The number of rotatable bonds is 1. The molecule has 0 bridgehead atoms. The van der Waals surface area contributed by atoms with Crippen molar-refractivity contribution in [2.24, 2.45) is 0 Å². The molecule has 0 fully saturated rings. The molecule has 1 aliphatic heterocycles. The molecule has 0 unspecified atom stereocenters. The fourth-order valence-corrected chi connectivity index (χ4v) is 2.12. The van der Waals surface area contributed by atoms with E-state index in [4.69, 9.17) is 21.4 Å². The number of aromatic nitrogens is 1. The van der Waals surface area contributed by atoms with Crippen LogP contribution in [-0.2, 0) is 17.8 Å². The summed E-state index contributed by atoms with van der Waals surface area (Å²) in [5, 5.41) is 9.12. The van der Waals surface area contributed by atoms with Crippen LogP contribution in [0.3, 0.4) is 0 Å². The van der Waals surface area contributed by atoms with Gasteiger partial charge in [0.15, 0.2) is 0 Å². The zero-order valence-corrected chi connectivity index (χ0v) is 8.97. The summed E-state index contributed by atoms with van der Waals surface area (Å²) in [6.45, 7) is 2.77. The molecule has 80 valence electrons. The number of aryl methyl sites for hydroxylation is 1. The fourth-order valence-electron chi connectivity index (χ4n) is 1.80. The van der Waals surface area contributed by atoms with Crippen LogP contribution in [0, 0.1) is 6.92 Å². The number of hydrogen-bond donors (Lipinski definition) is 1. The highest BCUT2D eigenvalue weighted by atomic mass is 35.5. The summed E-state index contributed by atoms with van der Waals surface area (Å²) in [5.74, 6) is -1.02. The Bertz CT molecular complexity index is 431. The quantitative estimate of drug-likeness (QED) is 0.744. The third-order valence-corrected chi connectivity index (χ3v) is 2.81. The van der Waals surface area contributed by atoms with E-state index in [1.807, 2.05) is 6.92 Å². The zero-order valence-electron chi connectivity index (χ0n) is 8.21.